The number of nitrogens with one attached hydrogen (secondary N) is 10. The summed E-state index contributed by atoms with van der Waals surface area (Å²) < 4.78 is 42.6. The molecule has 0 spiro atoms. The largest absolute Gasteiger partial charge is 0.481 e. The molecule has 0 fully saturated rings. The van der Waals surface area contributed by atoms with Crippen molar-refractivity contribution >= 4 is 144 Å². The summed E-state index contributed by atoms with van der Waals surface area (Å²) in [7, 11) is 0. The predicted octanol–water partition coefficient (Wildman–Crippen LogP) is -1.50. The number of nitrogens with two attached hydrogens (primary N) is 1. The van der Waals surface area contributed by atoms with Gasteiger partial charge in [0.15, 0.2) is 5.78 Å². The minimum Gasteiger partial charge on any atom is -0.481 e. The van der Waals surface area contributed by atoms with Crippen LogP contribution >= 0.6 is 25.3 Å². The van der Waals surface area contributed by atoms with Gasteiger partial charge in [-0.2, -0.15) is 25.3 Å². The molecule has 11 amide bonds. The summed E-state index contributed by atoms with van der Waals surface area (Å²) in [6, 6.07) is -9.41. The number of primary amides is 1. The molecule has 0 aliphatic heterocycles. The normalized spacial score (nSPS) is 12.9. The molecule has 0 radical (unpaired) electrons. The number of thiol groups is 2. The molecule has 0 aliphatic carbocycles. The predicted molar refractivity (Wildman–Crippen MR) is 456 cm³/mol. The minimum atomic E-state index is -1.75. The van der Waals surface area contributed by atoms with Crippen LogP contribution in [0.25, 0.3) is 0 Å². The minimum absolute atomic E-state index is 0.00122. The van der Waals surface area contributed by atoms with Crippen molar-refractivity contribution in [2.24, 2.45) is 17.6 Å². The van der Waals surface area contributed by atoms with Crippen molar-refractivity contribution in [2.75, 3.05) is 143 Å². The zero-order valence-corrected chi connectivity index (χ0v) is 74.2. The first-order chi connectivity index (χ1) is 61.1. The smallest absolute Gasteiger partial charge is 0.326 e. The molecule has 8 atom stereocenters. The third kappa shape index (κ3) is 67.4. The Morgan fingerprint density at radius 3 is 0.766 bits per heavy atom. The number of hydrogen-bond donors (Lipinski definition) is 20. The molecule has 0 aromatic carbocycles. The van der Waals surface area contributed by atoms with Crippen molar-refractivity contribution < 1.29 is 170 Å². The Morgan fingerprint density at radius 2 is 0.484 bits per heavy atom. The average Bonchev–Trinajstić information content (AvgIpc) is 0.874. The molecule has 46 nitrogen and oxygen atoms in total. The van der Waals surface area contributed by atoms with Crippen molar-refractivity contribution in [3.63, 3.8) is 0 Å². The zero-order valence-electron chi connectivity index (χ0n) is 72.4. The monoisotopic (exact) mass is 1870 g/mol. The summed E-state index contributed by atoms with van der Waals surface area (Å²) >= 11 is 8.08. The van der Waals surface area contributed by atoms with E-state index in [1.54, 1.807) is 0 Å². The molecule has 730 valence electrons. The Labute approximate surface area is 752 Å². The highest BCUT2D eigenvalue weighted by atomic mass is 32.1. The number of rotatable bonds is 87. The van der Waals surface area contributed by atoms with Gasteiger partial charge in [0.25, 0.3) is 0 Å². The van der Waals surface area contributed by atoms with E-state index in [0.717, 1.165) is 77.0 Å². The summed E-state index contributed by atoms with van der Waals surface area (Å²) in [5.74, 6) is -20.7. The van der Waals surface area contributed by atoms with Crippen molar-refractivity contribution in [1.29, 1.82) is 0 Å². The second kappa shape index (κ2) is 76.1. The third-order valence-electron chi connectivity index (χ3n) is 18.8. The molecule has 0 aromatic heterocycles. The molecular weight excluding hydrogens is 1740 g/mol. The number of Topliss-reactive ketones (excluding diaryl/α,β-unsaturated/α-hetero) is 2. The van der Waals surface area contributed by atoms with E-state index in [1.165, 1.54) is 0 Å². The molecule has 128 heavy (non-hydrogen) atoms. The second-order valence-corrected chi connectivity index (χ2v) is 30.2. The number of carbonyl (C=O) groups is 20. The highest BCUT2D eigenvalue weighted by Gasteiger charge is 2.32. The first-order valence-corrected chi connectivity index (χ1v) is 43.9. The summed E-state index contributed by atoms with van der Waals surface area (Å²) in [5.41, 5.74) is 5.23. The van der Waals surface area contributed by atoms with Crippen LogP contribution in [0, 0.1) is 11.8 Å². The summed E-state index contributed by atoms with van der Waals surface area (Å²) in [6.07, 6.45) is 7.47. The van der Waals surface area contributed by atoms with Gasteiger partial charge in [0.05, 0.1) is 91.2 Å². The molecule has 0 unspecified atom stereocenters. The molecule has 0 heterocycles. The van der Waals surface area contributed by atoms with Gasteiger partial charge in [-0.1, -0.05) is 77.0 Å². The lowest BCUT2D eigenvalue weighted by Crippen LogP contribution is -2.46. The van der Waals surface area contributed by atoms with Crippen molar-refractivity contribution in [2.45, 2.75) is 229 Å². The van der Waals surface area contributed by atoms with E-state index in [-0.39, 0.29) is 188 Å². The maximum Gasteiger partial charge on any atom is 0.326 e. The van der Waals surface area contributed by atoms with E-state index in [2.05, 4.69) is 78.4 Å². The highest BCUT2D eigenvalue weighted by Crippen LogP contribution is 2.19. The Hall–Kier alpha value is -9.82. The molecule has 0 rings (SSSR count). The number of carboxylic acids is 7. The molecule has 0 aromatic rings. The topological polar surface area (TPSA) is 703 Å². The number of amides is 11. The van der Waals surface area contributed by atoms with Crippen molar-refractivity contribution in [3.05, 3.63) is 0 Å². The molecule has 0 saturated heterocycles. The fraction of sp³-hybridized carbons (Fsp3) is 0.750. The van der Waals surface area contributed by atoms with E-state index in [0.29, 0.717) is 12.8 Å². The van der Waals surface area contributed by atoms with Crippen LogP contribution in [0.3, 0.4) is 0 Å². The van der Waals surface area contributed by atoms with Gasteiger partial charge in [0.1, 0.15) is 62.4 Å². The van der Waals surface area contributed by atoms with Gasteiger partial charge in [0, 0.05) is 108 Å². The van der Waals surface area contributed by atoms with Crippen molar-refractivity contribution in [3.8, 4) is 0 Å². The number of carbonyl (C=O) groups excluding carboxylic acids is 13. The maximum absolute atomic E-state index is 13.1. The Bertz CT molecular complexity index is 3400. The number of ketones is 2. The third-order valence-corrected chi connectivity index (χ3v) is 19.6. The first kappa shape index (κ1) is 118. The lowest BCUT2D eigenvalue weighted by molar-refractivity contribution is -0.144. The van der Waals surface area contributed by atoms with Gasteiger partial charge in [0.2, 0.25) is 65.0 Å². The van der Waals surface area contributed by atoms with Crippen LogP contribution in [0.5, 0.6) is 0 Å². The number of unbranched alkanes of at least 4 members (excludes halogenated alkanes) is 13. The van der Waals surface area contributed by atoms with Gasteiger partial charge in [-0.3, -0.25) is 71.9 Å². The van der Waals surface area contributed by atoms with Crippen LogP contribution in [0.2, 0.25) is 0 Å². The molecule has 0 saturated carbocycles. The molecule has 0 aliphatic rings. The zero-order chi connectivity index (χ0) is 95.7. The molecule has 19 N–H and O–H groups in total. The Kier molecular flexibility index (Phi) is 70.2. The summed E-state index contributed by atoms with van der Waals surface area (Å²) in [6.45, 7) is -0.00409. The van der Waals surface area contributed by atoms with Crippen molar-refractivity contribution in [1.82, 2.24) is 53.2 Å². The number of carboxylic acid groups (broad SMARTS) is 7. The van der Waals surface area contributed by atoms with E-state index >= 15 is 0 Å². The van der Waals surface area contributed by atoms with Gasteiger partial charge in [-0.25, -0.2) is 24.0 Å². The van der Waals surface area contributed by atoms with Crippen LogP contribution in [0.1, 0.15) is 193 Å². The van der Waals surface area contributed by atoms with Gasteiger partial charge in [-0.15, -0.1) is 0 Å². The van der Waals surface area contributed by atoms with E-state index in [1.807, 2.05) is 0 Å². The Morgan fingerprint density at radius 1 is 0.242 bits per heavy atom. The van der Waals surface area contributed by atoms with Gasteiger partial charge < -0.3 is 133 Å². The first-order valence-electron chi connectivity index (χ1n) is 42.7. The fourth-order valence-corrected chi connectivity index (χ4v) is 12.3. The molecule has 0 bridgehead atoms. The van der Waals surface area contributed by atoms with Crippen LogP contribution in [-0.2, 0) is 134 Å². The SMILES string of the molecule is NC(=O)CC[C@H](NC(=O)COCCOCCNC(=O)COCCOCCNC(=O)COCCOCCNC(=O)COCCOCCNC(=O)CC[C@H](NC(=O)CC[C@H](NC(=O)CC[C@H](NC(=O)CC[C@H](NC(=O)CC[C@H](NC(=O)CCCCCCCCCCCCCCCCC(=O)O)C(=O)O)C(=O)O)C(=O)O)C(=O)O)C(=O)O)C(=O)C[C@@H](CS)C(=O)C[C@@H](CS)C(=O)O. The van der Waals surface area contributed by atoms with E-state index in [4.69, 9.17) is 48.7 Å². The van der Waals surface area contributed by atoms with Gasteiger partial charge in [-0.05, 0) is 51.4 Å². The van der Waals surface area contributed by atoms with Crippen LogP contribution in [0.15, 0.2) is 0 Å². The Balaban J connectivity index is 4.28. The number of ether oxygens (including phenoxy) is 8. The summed E-state index contributed by atoms with van der Waals surface area (Å²) in [5, 5.41) is 90.3. The fourth-order valence-electron chi connectivity index (χ4n) is 11.7. The summed E-state index contributed by atoms with van der Waals surface area (Å²) in [4.78, 5) is 244. The quantitative estimate of drug-likeness (QED) is 0.0243. The average molecular weight is 1870 g/mol. The maximum atomic E-state index is 13.1. The number of hydrogen-bond acceptors (Lipinski definition) is 30. The lowest BCUT2D eigenvalue weighted by Gasteiger charge is -2.21. The molecule has 48 heteroatoms. The standard InChI is InChI=1S/C80H133N11O35S2/c81-63(94)23-17-55(62(93)45-53(51-127)61(92)46-54(52-128)75(107)108)86-73(104)50-126-44-40-122-36-32-85-72(103)49-125-43-39-121-35-31-84-71(102)48-124-42-38-120-34-30-83-70(101)47-123-41-37-119-33-29-82-64(95)24-18-56(76(109)110)88-66(97)26-20-58(78(113)114)90-68(99)28-22-60(80(117)118)91-69(100)27-21-59(79(115)116)89-67(98)25-19-57(77(111)112)87-65(96)15-13-11-9-7-5-3-1-2-4-6-8-10-12-14-16-74(105)106/h53-60,127-128H,1-52H2,(H2,81,94)(H,82,95)(H,83,101)(H,84,102)(H,85,103)(H,86,104)(H,87,96)(H,88,97)(H,89,98)(H,90,99)(H,91,100)(H,105,106)(H,107,108)(H,109,110)(H,111,112)(H,113,114)(H,115,116)(H,117,118)/t53-,54-,55-,56-,57-,58-,59-,60-/m0/s1. The highest BCUT2D eigenvalue weighted by molar-refractivity contribution is 7.80. The second-order valence-electron chi connectivity index (χ2n) is 29.5. The number of aliphatic carboxylic acids is 7. The van der Waals surface area contributed by atoms with Crippen LogP contribution in [-0.4, -0.2) is 334 Å². The van der Waals surface area contributed by atoms with Gasteiger partial charge >= 0.3 is 41.8 Å². The van der Waals surface area contributed by atoms with Crippen LogP contribution < -0.4 is 58.9 Å². The van der Waals surface area contributed by atoms with E-state index in [9.17, 15) is 127 Å². The van der Waals surface area contributed by atoms with E-state index < -0.39 is 224 Å². The van der Waals surface area contributed by atoms with Crippen LogP contribution in [0.4, 0.5) is 0 Å². The lowest BCUT2D eigenvalue weighted by atomic mass is 9.90. The molecular formula is C80H133N11O35S2.